The molecule has 104 valence electrons. The van der Waals surface area contributed by atoms with Gasteiger partial charge in [0, 0.05) is 11.1 Å². The van der Waals surface area contributed by atoms with E-state index in [-0.39, 0.29) is 5.91 Å². The Hall–Kier alpha value is -1.98. The molecule has 1 amide bonds. The molecule has 2 aromatic carbocycles. The molecule has 3 aromatic rings. The minimum absolute atomic E-state index is 0.135. The van der Waals surface area contributed by atoms with Crippen molar-refractivity contribution in [2.75, 3.05) is 5.32 Å². The Kier molecular flexibility index (Phi) is 4.13. The highest BCUT2D eigenvalue weighted by Gasteiger charge is 2.15. The molecule has 0 atom stereocenters. The number of nitrogens with zero attached hydrogens (tertiary/aromatic N) is 1. The van der Waals surface area contributed by atoms with E-state index in [0.29, 0.717) is 5.56 Å². The van der Waals surface area contributed by atoms with E-state index in [2.05, 4.69) is 26.2 Å². The molecule has 21 heavy (non-hydrogen) atoms. The van der Waals surface area contributed by atoms with Gasteiger partial charge in [-0.2, -0.15) is 0 Å². The smallest absolute Gasteiger partial charge is 0.256 e. The van der Waals surface area contributed by atoms with Crippen LogP contribution < -0.4 is 5.32 Å². The first kappa shape index (κ1) is 14.0. The Morgan fingerprint density at radius 1 is 1.00 bits per heavy atom. The minimum atomic E-state index is -0.135. The van der Waals surface area contributed by atoms with Crippen LogP contribution in [0.2, 0.25) is 0 Å². The summed E-state index contributed by atoms with van der Waals surface area (Å²) in [7, 11) is 0. The molecule has 0 aliphatic rings. The zero-order valence-electron chi connectivity index (χ0n) is 10.9. The third-order valence-electron chi connectivity index (χ3n) is 2.91. The normalized spacial score (nSPS) is 10.3. The number of carbonyl (C=O) groups excluding carboxylic acids is 1. The van der Waals surface area contributed by atoms with E-state index in [9.17, 15) is 4.79 Å². The number of halogens is 1. The van der Waals surface area contributed by atoms with Crippen molar-refractivity contribution in [1.82, 2.24) is 4.98 Å². The van der Waals surface area contributed by atoms with E-state index >= 15 is 0 Å². The van der Waals surface area contributed by atoms with Gasteiger partial charge in [0.05, 0.1) is 0 Å². The Morgan fingerprint density at radius 3 is 2.29 bits per heavy atom. The Morgan fingerprint density at radius 2 is 1.62 bits per heavy atom. The lowest BCUT2D eigenvalue weighted by molar-refractivity contribution is 0.102. The Balaban J connectivity index is 1.92. The van der Waals surface area contributed by atoms with Gasteiger partial charge in [0.1, 0.15) is 10.7 Å². The number of hydrogen-bond donors (Lipinski definition) is 1. The summed E-state index contributed by atoms with van der Waals surface area (Å²) < 4.78 is 0.740. The monoisotopic (exact) mass is 358 g/mol. The third kappa shape index (κ3) is 3.20. The number of carbonyl (C=O) groups is 1. The summed E-state index contributed by atoms with van der Waals surface area (Å²) in [5, 5.41) is 3.67. The van der Waals surface area contributed by atoms with Crippen LogP contribution in [0.4, 0.5) is 5.00 Å². The van der Waals surface area contributed by atoms with Gasteiger partial charge in [0.2, 0.25) is 0 Å². The van der Waals surface area contributed by atoms with Gasteiger partial charge < -0.3 is 5.32 Å². The fourth-order valence-corrected chi connectivity index (χ4v) is 3.31. The lowest BCUT2D eigenvalue weighted by atomic mass is 10.1. The maximum Gasteiger partial charge on any atom is 0.256 e. The van der Waals surface area contributed by atoms with Crippen molar-refractivity contribution in [3.63, 3.8) is 0 Å². The maximum atomic E-state index is 12.3. The molecule has 0 fully saturated rings. The quantitative estimate of drug-likeness (QED) is 0.728. The second kappa shape index (κ2) is 6.20. The summed E-state index contributed by atoms with van der Waals surface area (Å²) in [4.78, 5) is 16.7. The number of amides is 1. The summed E-state index contributed by atoms with van der Waals surface area (Å²) in [6.07, 6.45) is 0. The number of hydrogen-bond acceptors (Lipinski definition) is 3. The molecule has 3 nitrogen and oxygen atoms in total. The second-order valence-electron chi connectivity index (χ2n) is 4.33. The van der Waals surface area contributed by atoms with Gasteiger partial charge in [-0.05, 0) is 28.1 Å². The number of benzene rings is 2. The zero-order valence-corrected chi connectivity index (χ0v) is 13.3. The highest BCUT2D eigenvalue weighted by atomic mass is 79.9. The zero-order chi connectivity index (χ0) is 14.7. The van der Waals surface area contributed by atoms with E-state index in [1.165, 1.54) is 11.3 Å². The van der Waals surface area contributed by atoms with Crippen molar-refractivity contribution >= 4 is 38.2 Å². The molecule has 1 heterocycles. The lowest BCUT2D eigenvalue weighted by Crippen LogP contribution is -2.11. The summed E-state index contributed by atoms with van der Waals surface area (Å²) >= 11 is 4.79. The molecule has 0 saturated carbocycles. The highest BCUT2D eigenvalue weighted by molar-refractivity contribution is 9.11. The molecular formula is C16H11BrN2OS. The molecule has 0 unspecified atom stereocenters. The van der Waals surface area contributed by atoms with Gasteiger partial charge >= 0.3 is 0 Å². The molecule has 0 radical (unpaired) electrons. The van der Waals surface area contributed by atoms with E-state index in [1.807, 2.05) is 48.5 Å². The third-order valence-corrected chi connectivity index (χ3v) is 4.33. The van der Waals surface area contributed by atoms with Crippen molar-refractivity contribution < 1.29 is 4.79 Å². The van der Waals surface area contributed by atoms with Crippen LogP contribution in [0.1, 0.15) is 10.4 Å². The second-order valence-corrected chi connectivity index (χ2v) is 6.61. The summed E-state index contributed by atoms with van der Waals surface area (Å²) in [5.74, 6) is -0.135. The van der Waals surface area contributed by atoms with Crippen molar-refractivity contribution in [2.45, 2.75) is 0 Å². The number of nitrogens with one attached hydrogen (secondary N) is 1. The van der Waals surface area contributed by atoms with Crippen LogP contribution in [0, 0.1) is 0 Å². The van der Waals surface area contributed by atoms with Crippen molar-refractivity contribution in [3.8, 4) is 11.3 Å². The van der Waals surface area contributed by atoms with E-state index in [0.717, 1.165) is 20.2 Å². The SMILES string of the molecule is O=C(Nc1sc(Br)nc1-c1ccccc1)c1ccccc1. The number of rotatable bonds is 3. The van der Waals surface area contributed by atoms with Gasteiger partial charge in [-0.15, -0.1) is 0 Å². The van der Waals surface area contributed by atoms with Crippen LogP contribution >= 0.6 is 27.3 Å². The van der Waals surface area contributed by atoms with E-state index in [1.54, 1.807) is 12.1 Å². The van der Waals surface area contributed by atoms with Crippen LogP contribution in [-0.2, 0) is 0 Å². The Labute approximate surface area is 134 Å². The largest absolute Gasteiger partial charge is 0.312 e. The fourth-order valence-electron chi connectivity index (χ4n) is 1.94. The maximum absolute atomic E-state index is 12.3. The molecule has 0 spiro atoms. The van der Waals surface area contributed by atoms with Gasteiger partial charge in [-0.1, -0.05) is 59.9 Å². The average Bonchev–Trinajstić information content (AvgIpc) is 2.89. The summed E-state index contributed by atoms with van der Waals surface area (Å²) in [6, 6.07) is 18.9. The molecule has 0 aliphatic heterocycles. The molecule has 0 bridgehead atoms. The fraction of sp³-hybridized carbons (Fsp3) is 0. The number of aromatic nitrogens is 1. The van der Waals surface area contributed by atoms with E-state index in [4.69, 9.17) is 0 Å². The van der Waals surface area contributed by atoms with Gasteiger partial charge in [0.15, 0.2) is 3.92 Å². The summed E-state index contributed by atoms with van der Waals surface area (Å²) in [5.41, 5.74) is 2.38. The first-order valence-corrected chi connectivity index (χ1v) is 7.93. The number of anilines is 1. The van der Waals surface area contributed by atoms with Crippen molar-refractivity contribution in [1.29, 1.82) is 0 Å². The first-order valence-electron chi connectivity index (χ1n) is 6.32. The van der Waals surface area contributed by atoms with Crippen LogP contribution in [0.15, 0.2) is 64.6 Å². The average molecular weight is 359 g/mol. The predicted octanol–water partition coefficient (Wildman–Crippen LogP) is 4.82. The van der Waals surface area contributed by atoms with Crippen LogP contribution in [0.5, 0.6) is 0 Å². The molecule has 1 aromatic heterocycles. The van der Waals surface area contributed by atoms with Gasteiger partial charge in [-0.3, -0.25) is 4.79 Å². The molecular weight excluding hydrogens is 348 g/mol. The standard InChI is InChI=1S/C16H11BrN2OS/c17-16-18-13(11-7-3-1-4-8-11)15(21-16)19-14(20)12-9-5-2-6-10-12/h1-10H,(H,19,20). The molecule has 0 aliphatic carbocycles. The van der Waals surface area contributed by atoms with Gasteiger partial charge in [-0.25, -0.2) is 4.98 Å². The van der Waals surface area contributed by atoms with Gasteiger partial charge in [0.25, 0.3) is 5.91 Å². The molecule has 0 saturated heterocycles. The molecule has 3 rings (SSSR count). The molecule has 5 heteroatoms. The minimum Gasteiger partial charge on any atom is -0.312 e. The Bertz CT molecular complexity index is 756. The van der Waals surface area contributed by atoms with Crippen molar-refractivity contribution in [3.05, 3.63) is 70.1 Å². The highest BCUT2D eigenvalue weighted by Crippen LogP contribution is 2.35. The topological polar surface area (TPSA) is 42.0 Å². The molecule has 1 N–H and O–H groups in total. The summed E-state index contributed by atoms with van der Waals surface area (Å²) in [6.45, 7) is 0. The van der Waals surface area contributed by atoms with Crippen molar-refractivity contribution in [2.24, 2.45) is 0 Å². The first-order chi connectivity index (χ1) is 10.2. The number of thiazole rings is 1. The lowest BCUT2D eigenvalue weighted by Gasteiger charge is -2.05. The van der Waals surface area contributed by atoms with Crippen LogP contribution in [0.3, 0.4) is 0 Å². The van der Waals surface area contributed by atoms with Crippen LogP contribution in [0.25, 0.3) is 11.3 Å². The predicted molar refractivity (Wildman–Crippen MR) is 89.6 cm³/mol. The van der Waals surface area contributed by atoms with E-state index < -0.39 is 0 Å². The van der Waals surface area contributed by atoms with Crippen LogP contribution in [-0.4, -0.2) is 10.9 Å².